The van der Waals surface area contributed by atoms with Gasteiger partial charge in [0.05, 0.1) is 0 Å². The molecule has 5 rings (SSSR count). The van der Waals surface area contributed by atoms with E-state index in [1.54, 1.807) is 56.3 Å². The first kappa shape index (κ1) is 22.7. The molecular formula is C28H21NO5S. The van der Waals surface area contributed by atoms with Gasteiger partial charge in [0.15, 0.2) is 11.6 Å². The Kier molecular flexibility index (Phi) is 5.39. The summed E-state index contributed by atoms with van der Waals surface area (Å²) in [6, 6.07) is 22.2. The maximum Gasteiger partial charge on any atom is 0.295 e. The van der Waals surface area contributed by atoms with Crippen LogP contribution in [0.4, 0.5) is 11.4 Å². The lowest BCUT2D eigenvalue weighted by molar-refractivity contribution is 0.0979. The van der Waals surface area contributed by atoms with Gasteiger partial charge in [-0.05, 0) is 55.3 Å². The van der Waals surface area contributed by atoms with E-state index in [2.05, 4.69) is 5.32 Å². The quantitative estimate of drug-likeness (QED) is 0.316. The molecular weight excluding hydrogens is 462 g/mol. The minimum Gasteiger partial charge on any atom is -0.355 e. The van der Waals surface area contributed by atoms with E-state index in [4.69, 9.17) is 0 Å². The molecule has 1 aliphatic carbocycles. The Balaban J connectivity index is 1.69. The molecule has 0 amide bonds. The van der Waals surface area contributed by atoms with Crippen molar-refractivity contribution in [1.82, 2.24) is 0 Å². The molecule has 4 aromatic carbocycles. The summed E-state index contributed by atoms with van der Waals surface area (Å²) < 4.78 is 34.0. The number of ketones is 2. The van der Waals surface area contributed by atoms with Crippen molar-refractivity contribution in [3.8, 4) is 11.1 Å². The van der Waals surface area contributed by atoms with Crippen LogP contribution in [0.3, 0.4) is 0 Å². The van der Waals surface area contributed by atoms with E-state index in [1.807, 2.05) is 30.3 Å². The highest BCUT2D eigenvalue weighted by molar-refractivity contribution is 7.86. The van der Waals surface area contributed by atoms with Crippen molar-refractivity contribution < 1.29 is 22.6 Å². The molecule has 6 nitrogen and oxygen atoms in total. The molecule has 35 heavy (non-hydrogen) atoms. The SMILES string of the molecule is Cc1ccc(S(=O)(=O)O)c(-c2cccc3c2C(=O)c2c(C)cc(Nc4ccccc4)cc2C3=O)c1. The fourth-order valence-corrected chi connectivity index (χ4v) is 5.27. The Morgan fingerprint density at radius 2 is 1.37 bits per heavy atom. The zero-order valence-electron chi connectivity index (χ0n) is 19.0. The second-order valence-corrected chi connectivity index (χ2v) is 9.96. The number of hydrogen-bond donors (Lipinski definition) is 2. The van der Waals surface area contributed by atoms with Gasteiger partial charge in [0, 0.05) is 39.2 Å². The lowest BCUT2D eigenvalue weighted by Gasteiger charge is -2.23. The number of hydrogen-bond acceptors (Lipinski definition) is 5. The summed E-state index contributed by atoms with van der Waals surface area (Å²) in [6.07, 6.45) is 0. The van der Waals surface area contributed by atoms with Gasteiger partial charge in [0.25, 0.3) is 10.1 Å². The van der Waals surface area contributed by atoms with Crippen LogP contribution in [-0.4, -0.2) is 24.5 Å². The minimum atomic E-state index is -4.56. The predicted octanol–water partition coefficient (Wildman–Crippen LogP) is 5.74. The first-order chi connectivity index (χ1) is 16.6. The van der Waals surface area contributed by atoms with Crippen LogP contribution in [0.25, 0.3) is 11.1 Å². The third kappa shape index (κ3) is 3.95. The average Bonchev–Trinajstić information content (AvgIpc) is 2.81. The van der Waals surface area contributed by atoms with Crippen molar-refractivity contribution >= 4 is 33.1 Å². The molecule has 7 heteroatoms. The van der Waals surface area contributed by atoms with Crippen molar-refractivity contribution in [3.05, 3.63) is 112 Å². The maximum absolute atomic E-state index is 13.8. The van der Waals surface area contributed by atoms with Gasteiger partial charge in [-0.3, -0.25) is 14.1 Å². The largest absolute Gasteiger partial charge is 0.355 e. The molecule has 0 heterocycles. The van der Waals surface area contributed by atoms with Crippen molar-refractivity contribution in [2.24, 2.45) is 0 Å². The second kappa shape index (κ2) is 8.30. The summed E-state index contributed by atoms with van der Waals surface area (Å²) in [5.74, 6) is -0.686. The minimum absolute atomic E-state index is 0.132. The highest BCUT2D eigenvalue weighted by atomic mass is 32.2. The molecule has 0 bridgehead atoms. The van der Waals surface area contributed by atoms with Gasteiger partial charge in [0.2, 0.25) is 0 Å². The van der Waals surface area contributed by atoms with Crippen molar-refractivity contribution in [3.63, 3.8) is 0 Å². The summed E-state index contributed by atoms with van der Waals surface area (Å²) in [7, 11) is -4.56. The summed E-state index contributed by atoms with van der Waals surface area (Å²) in [4.78, 5) is 27.1. The molecule has 0 fully saturated rings. The molecule has 2 N–H and O–H groups in total. The van der Waals surface area contributed by atoms with Crippen LogP contribution >= 0.6 is 0 Å². The topological polar surface area (TPSA) is 101 Å². The Bertz CT molecular complexity index is 1640. The molecule has 4 aromatic rings. The first-order valence-electron chi connectivity index (χ1n) is 10.9. The predicted molar refractivity (Wildman–Crippen MR) is 134 cm³/mol. The van der Waals surface area contributed by atoms with Crippen LogP contribution in [-0.2, 0) is 10.1 Å². The van der Waals surface area contributed by atoms with Gasteiger partial charge in [-0.25, -0.2) is 0 Å². The van der Waals surface area contributed by atoms with Crippen LogP contribution < -0.4 is 5.32 Å². The second-order valence-electron chi connectivity index (χ2n) is 8.57. The van der Waals surface area contributed by atoms with Crippen LogP contribution in [0, 0.1) is 13.8 Å². The summed E-state index contributed by atoms with van der Waals surface area (Å²) >= 11 is 0. The number of rotatable bonds is 4. The number of carbonyl (C=O) groups excluding carboxylic acids is 2. The third-order valence-corrected chi connectivity index (χ3v) is 7.02. The number of para-hydroxylation sites is 1. The molecule has 0 radical (unpaired) electrons. The fraction of sp³-hybridized carbons (Fsp3) is 0.0714. The van der Waals surface area contributed by atoms with Gasteiger partial charge in [0.1, 0.15) is 4.90 Å². The van der Waals surface area contributed by atoms with Crippen LogP contribution in [0.5, 0.6) is 0 Å². The standard InChI is InChI=1S/C28H21NO5S/c1-16-11-12-24(35(32,33)34)22(13-16)20-9-6-10-21-26(20)28(31)25-17(2)14-19(15-23(25)27(21)30)29-18-7-4-3-5-8-18/h3-15,29H,1-2H3,(H,32,33,34). The molecule has 0 spiro atoms. The molecule has 0 unspecified atom stereocenters. The zero-order chi connectivity index (χ0) is 24.9. The smallest absolute Gasteiger partial charge is 0.295 e. The first-order valence-corrected chi connectivity index (χ1v) is 12.4. The van der Waals surface area contributed by atoms with Gasteiger partial charge in [-0.1, -0.05) is 54.1 Å². The average molecular weight is 484 g/mol. The van der Waals surface area contributed by atoms with E-state index in [0.717, 1.165) is 11.3 Å². The van der Waals surface area contributed by atoms with E-state index in [0.29, 0.717) is 11.3 Å². The van der Waals surface area contributed by atoms with Crippen molar-refractivity contribution in [2.45, 2.75) is 18.7 Å². The van der Waals surface area contributed by atoms with Crippen LogP contribution in [0.2, 0.25) is 0 Å². The lowest BCUT2D eigenvalue weighted by atomic mass is 9.78. The molecule has 0 aromatic heterocycles. The number of benzene rings is 4. The normalized spacial score (nSPS) is 12.8. The number of fused-ring (bicyclic) bond motifs is 2. The zero-order valence-corrected chi connectivity index (χ0v) is 19.8. The van der Waals surface area contributed by atoms with Crippen molar-refractivity contribution in [2.75, 3.05) is 5.32 Å². The Morgan fingerprint density at radius 3 is 2.09 bits per heavy atom. The lowest BCUT2D eigenvalue weighted by Crippen LogP contribution is -2.23. The number of carbonyl (C=O) groups is 2. The number of aryl methyl sites for hydroxylation is 2. The summed E-state index contributed by atoms with van der Waals surface area (Å²) in [5, 5.41) is 3.26. The van der Waals surface area contributed by atoms with E-state index >= 15 is 0 Å². The fourth-order valence-electron chi connectivity index (χ4n) is 4.59. The molecule has 0 saturated heterocycles. The number of anilines is 2. The molecule has 0 atom stereocenters. The van der Waals surface area contributed by atoms with Crippen LogP contribution in [0.1, 0.15) is 43.0 Å². The van der Waals surface area contributed by atoms with E-state index in [-0.39, 0.29) is 49.8 Å². The molecule has 1 aliphatic rings. The third-order valence-electron chi connectivity index (χ3n) is 6.11. The molecule has 174 valence electrons. The van der Waals surface area contributed by atoms with Crippen molar-refractivity contribution in [1.29, 1.82) is 0 Å². The molecule has 0 aliphatic heterocycles. The highest BCUT2D eigenvalue weighted by Gasteiger charge is 2.34. The molecule has 0 saturated carbocycles. The van der Waals surface area contributed by atoms with E-state index in [9.17, 15) is 22.6 Å². The highest BCUT2D eigenvalue weighted by Crippen LogP contribution is 2.39. The Labute approximate surface area is 203 Å². The Morgan fingerprint density at radius 1 is 0.657 bits per heavy atom. The summed E-state index contributed by atoms with van der Waals surface area (Å²) in [5.41, 5.74) is 4.26. The number of nitrogens with one attached hydrogen (secondary N) is 1. The van der Waals surface area contributed by atoms with Crippen LogP contribution in [0.15, 0.2) is 83.8 Å². The van der Waals surface area contributed by atoms with Gasteiger partial charge in [-0.2, -0.15) is 8.42 Å². The Hall–Kier alpha value is -4.07. The van der Waals surface area contributed by atoms with Gasteiger partial charge in [-0.15, -0.1) is 0 Å². The van der Waals surface area contributed by atoms with E-state index in [1.165, 1.54) is 6.07 Å². The van der Waals surface area contributed by atoms with Gasteiger partial charge >= 0.3 is 0 Å². The van der Waals surface area contributed by atoms with Gasteiger partial charge < -0.3 is 5.32 Å². The summed E-state index contributed by atoms with van der Waals surface area (Å²) in [6.45, 7) is 3.55. The maximum atomic E-state index is 13.8. The monoisotopic (exact) mass is 483 g/mol. The van der Waals surface area contributed by atoms with E-state index < -0.39 is 10.1 Å².